The Morgan fingerprint density at radius 1 is 0.591 bits per heavy atom. The maximum atomic E-state index is 2.24. The fourth-order valence-electron chi connectivity index (χ4n) is 2.59. The van der Waals surface area contributed by atoms with Gasteiger partial charge in [-0.25, -0.2) is 0 Å². The summed E-state index contributed by atoms with van der Waals surface area (Å²) in [6.45, 7) is 4.30. The molecule has 0 fully saturated rings. The number of nitrogens with zero attached hydrogens (tertiary/aromatic N) is 1. The quantitative estimate of drug-likeness (QED) is 0.594. The zero-order valence-corrected chi connectivity index (χ0v) is 13.4. The third-order valence-corrected chi connectivity index (χ3v) is 4.24. The van der Waals surface area contributed by atoms with Crippen molar-refractivity contribution in [3.8, 4) is 11.1 Å². The monoisotopic (exact) mass is 287 g/mol. The lowest BCUT2D eigenvalue weighted by Gasteiger charge is -2.21. The second-order valence-corrected chi connectivity index (χ2v) is 5.74. The van der Waals surface area contributed by atoms with Crippen LogP contribution in [0.4, 0.5) is 11.4 Å². The molecule has 0 aliphatic carbocycles. The largest absolute Gasteiger partial charge is 0.345 e. The summed E-state index contributed by atoms with van der Waals surface area (Å²) in [4.78, 5) is 2.22. The van der Waals surface area contributed by atoms with Crippen LogP contribution in [0.1, 0.15) is 11.1 Å². The van der Waals surface area contributed by atoms with Crippen LogP contribution in [0.3, 0.4) is 0 Å². The first-order chi connectivity index (χ1) is 10.6. The smallest absolute Gasteiger partial charge is 0.0410 e. The molecule has 0 saturated heterocycles. The molecule has 22 heavy (non-hydrogen) atoms. The Labute approximate surface area is 132 Å². The third kappa shape index (κ3) is 2.89. The SMILES string of the molecule is Cc1ccc(N(C)c2ccc(-c3ccccc3)cc2)cc1C. The van der Waals surface area contributed by atoms with E-state index in [1.807, 2.05) is 6.07 Å². The molecule has 0 N–H and O–H groups in total. The first-order valence-electron chi connectivity index (χ1n) is 7.61. The molecule has 0 aliphatic rings. The fraction of sp³-hybridized carbons (Fsp3) is 0.143. The highest BCUT2D eigenvalue weighted by molar-refractivity contribution is 5.69. The summed E-state index contributed by atoms with van der Waals surface area (Å²) in [5, 5.41) is 0. The summed E-state index contributed by atoms with van der Waals surface area (Å²) in [5.74, 6) is 0. The molecule has 0 bridgehead atoms. The zero-order chi connectivity index (χ0) is 15.5. The average molecular weight is 287 g/mol. The van der Waals surface area contributed by atoms with Crippen LogP contribution in [0.5, 0.6) is 0 Å². The van der Waals surface area contributed by atoms with Gasteiger partial charge in [-0.1, -0.05) is 48.5 Å². The van der Waals surface area contributed by atoms with E-state index in [1.54, 1.807) is 0 Å². The molecule has 0 aromatic heterocycles. The normalized spacial score (nSPS) is 10.5. The molecule has 3 aromatic carbocycles. The van der Waals surface area contributed by atoms with Crippen LogP contribution in [-0.4, -0.2) is 7.05 Å². The van der Waals surface area contributed by atoms with Crippen molar-refractivity contribution in [2.45, 2.75) is 13.8 Å². The standard InChI is InChI=1S/C21H21N/c1-16-9-12-21(15-17(16)2)22(3)20-13-10-19(11-14-20)18-7-5-4-6-8-18/h4-15H,1-3H3. The van der Waals surface area contributed by atoms with Gasteiger partial charge in [-0.05, 0) is 60.4 Å². The molecule has 0 amide bonds. The molecule has 0 spiro atoms. The van der Waals surface area contributed by atoms with Gasteiger partial charge in [0.15, 0.2) is 0 Å². The molecule has 110 valence electrons. The van der Waals surface area contributed by atoms with Gasteiger partial charge in [0.25, 0.3) is 0 Å². The number of hydrogen-bond acceptors (Lipinski definition) is 1. The lowest BCUT2D eigenvalue weighted by molar-refractivity contribution is 1.19. The molecular weight excluding hydrogens is 266 g/mol. The summed E-state index contributed by atoms with van der Waals surface area (Å²) in [7, 11) is 2.11. The van der Waals surface area contributed by atoms with E-state index in [1.165, 1.54) is 33.6 Å². The Bertz CT molecular complexity index is 758. The van der Waals surface area contributed by atoms with E-state index in [9.17, 15) is 0 Å². The van der Waals surface area contributed by atoms with Gasteiger partial charge in [0.1, 0.15) is 0 Å². The van der Waals surface area contributed by atoms with Crippen LogP contribution in [0, 0.1) is 13.8 Å². The van der Waals surface area contributed by atoms with E-state index < -0.39 is 0 Å². The topological polar surface area (TPSA) is 3.24 Å². The highest BCUT2D eigenvalue weighted by atomic mass is 15.1. The molecule has 0 radical (unpaired) electrons. The van der Waals surface area contributed by atoms with Crippen molar-refractivity contribution in [1.82, 2.24) is 0 Å². The third-order valence-electron chi connectivity index (χ3n) is 4.24. The van der Waals surface area contributed by atoms with Gasteiger partial charge in [0.2, 0.25) is 0 Å². The minimum Gasteiger partial charge on any atom is -0.345 e. The Kier molecular flexibility index (Phi) is 3.97. The van der Waals surface area contributed by atoms with Crippen LogP contribution >= 0.6 is 0 Å². The van der Waals surface area contributed by atoms with Crippen molar-refractivity contribution in [2.75, 3.05) is 11.9 Å². The van der Waals surface area contributed by atoms with Crippen molar-refractivity contribution in [2.24, 2.45) is 0 Å². The van der Waals surface area contributed by atoms with Crippen molar-refractivity contribution >= 4 is 11.4 Å². The Balaban J connectivity index is 1.87. The van der Waals surface area contributed by atoms with Gasteiger partial charge in [-0.15, -0.1) is 0 Å². The maximum absolute atomic E-state index is 2.24. The summed E-state index contributed by atoms with van der Waals surface area (Å²) in [6.07, 6.45) is 0. The molecule has 0 heterocycles. The number of hydrogen-bond donors (Lipinski definition) is 0. The molecule has 0 saturated carbocycles. The highest BCUT2D eigenvalue weighted by Gasteiger charge is 2.05. The number of anilines is 2. The average Bonchev–Trinajstić information content (AvgIpc) is 2.58. The minimum atomic E-state index is 1.20. The van der Waals surface area contributed by atoms with E-state index >= 15 is 0 Å². The number of rotatable bonds is 3. The lowest BCUT2D eigenvalue weighted by atomic mass is 10.0. The molecule has 3 aromatic rings. The summed E-state index contributed by atoms with van der Waals surface area (Å²) >= 11 is 0. The Hall–Kier alpha value is -2.54. The first-order valence-corrected chi connectivity index (χ1v) is 7.61. The van der Waals surface area contributed by atoms with Crippen LogP contribution < -0.4 is 4.90 Å². The van der Waals surface area contributed by atoms with E-state index in [2.05, 4.69) is 92.5 Å². The predicted octanol–water partition coefficient (Wildman–Crippen LogP) is 5.74. The van der Waals surface area contributed by atoms with E-state index in [4.69, 9.17) is 0 Å². The van der Waals surface area contributed by atoms with Crippen molar-refractivity contribution < 1.29 is 0 Å². The van der Waals surface area contributed by atoms with Crippen molar-refractivity contribution in [3.05, 3.63) is 83.9 Å². The molecule has 0 atom stereocenters. The van der Waals surface area contributed by atoms with Gasteiger partial charge in [0, 0.05) is 18.4 Å². The number of aryl methyl sites for hydroxylation is 2. The van der Waals surface area contributed by atoms with Crippen molar-refractivity contribution in [3.63, 3.8) is 0 Å². The van der Waals surface area contributed by atoms with Gasteiger partial charge >= 0.3 is 0 Å². The number of benzene rings is 3. The molecule has 3 rings (SSSR count). The van der Waals surface area contributed by atoms with E-state index in [-0.39, 0.29) is 0 Å². The zero-order valence-electron chi connectivity index (χ0n) is 13.4. The van der Waals surface area contributed by atoms with Crippen molar-refractivity contribution in [1.29, 1.82) is 0 Å². The molecule has 1 heteroatoms. The summed E-state index contributed by atoms with van der Waals surface area (Å²) in [6, 6.07) is 25.8. The maximum Gasteiger partial charge on any atom is 0.0410 e. The minimum absolute atomic E-state index is 1.20. The fourth-order valence-corrected chi connectivity index (χ4v) is 2.59. The lowest BCUT2D eigenvalue weighted by Crippen LogP contribution is -2.09. The van der Waals surface area contributed by atoms with Gasteiger partial charge in [-0.3, -0.25) is 0 Å². The molecule has 0 aliphatic heterocycles. The summed E-state index contributed by atoms with van der Waals surface area (Å²) in [5.41, 5.74) is 7.57. The van der Waals surface area contributed by atoms with Crippen LogP contribution in [0.15, 0.2) is 72.8 Å². The van der Waals surface area contributed by atoms with E-state index in [0.717, 1.165) is 0 Å². The molecular formula is C21H21N. The predicted molar refractivity (Wildman–Crippen MR) is 95.9 cm³/mol. The van der Waals surface area contributed by atoms with Gasteiger partial charge < -0.3 is 4.90 Å². The second kappa shape index (κ2) is 6.07. The second-order valence-electron chi connectivity index (χ2n) is 5.74. The Morgan fingerprint density at radius 3 is 1.82 bits per heavy atom. The first kappa shape index (κ1) is 14.4. The van der Waals surface area contributed by atoms with Gasteiger partial charge in [0.05, 0.1) is 0 Å². The highest BCUT2D eigenvalue weighted by Crippen LogP contribution is 2.28. The van der Waals surface area contributed by atoms with Crippen LogP contribution in [0.2, 0.25) is 0 Å². The van der Waals surface area contributed by atoms with Crippen LogP contribution in [-0.2, 0) is 0 Å². The Morgan fingerprint density at radius 2 is 1.18 bits per heavy atom. The molecule has 0 unspecified atom stereocenters. The van der Waals surface area contributed by atoms with Gasteiger partial charge in [-0.2, -0.15) is 0 Å². The van der Waals surface area contributed by atoms with Crippen LogP contribution in [0.25, 0.3) is 11.1 Å². The molecule has 1 nitrogen and oxygen atoms in total. The van der Waals surface area contributed by atoms with E-state index in [0.29, 0.717) is 0 Å². The summed E-state index contributed by atoms with van der Waals surface area (Å²) < 4.78 is 0.